The second-order valence-corrected chi connectivity index (χ2v) is 4.22. The highest BCUT2D eigenvalue weighted by atomic mass is 35.5. The lowest BCUT2D eigenvalue weighted by atomic mass is 9.50. The van der Waals surface area contributed by atoms with Gasteiger partial charge in [-0.2, -0.15) is 0 Å². The quantitative estimate of drug-likeness (QED) is 0.685. The fourth-order valence-corrected chi connectivity index (χ4v) is 2.67. The molecule has 2 N–H and O–H groups in total. The van der Waals surface area contributed by atoms with E-state index < -0.39 is 5.92 Å². The summed E-state index contributed by atoms with van der Waals surface area (Å²) < 4.78 is 24.9. The average Bonchev–Trinajstić information content (AvgIpc) is 1.75. The van der Waals surface area contributed by atoms with Gasteiger partial charge in [-0.05, 0) is 30.7 Å². The first kappa shape index (κ1) is 10.2. The Kier molecular flexibility index (Phi) is 2.39. The number of hydrogen-bond acceptors (Lipinski definition) is 1. The molecule has 0 radical (unpaired) electrons. The van der Waals surface area contributed by atoms with Gasteiger partial charge >= 0.3 is 0 Å². The topological polar surface area (TPSA) is 26.0 Å². The Hall–Kier alpha value is 0.110. The van der Waals surface area contributed by atoms with Crippen molar-refractivity contribution in [1.82, 2.24) is 0 Å². The molecule has 2 aliphatic carbocycles. The van der Waals surface area contributed by atoms with Crippen LogP contribution in [0, 0.1) is 11.3 Å². The first-order valence-electron chi connectivity index (χ1n) is 4.13. The molecule has 0 aromatic rings. The molecule has 0 unspecified atom stereocenters. The number of rotatable bonds is 1. The molecule has 0 amide bonds. The Morgan fingerprint density at radius 3 is 2.08 bits per heavy atom. The summed E-state index contributed by atoms with van der Waals surface area (Å²) in [4.78, 5) is 0. The van der Waals surface area contributed by atoms with E-state index in [1.807, 2.05) is 0 Å². The van der Waals surface area contributed by atoms with E-state index in [1.54, 1.807) is 0 Å². The summed E-state index contributed by atoms with van der Waals surface area (Å²) >= 11 is 0. The van der Waals surface area contributed by atoms with E-state index in [4.69, 9.17) is 5.73 Å². The second-order valence-electron chi connectivity index (χ2n) is 4.22. The lowest BCUT2D eigenvalue weighted by Gasteiger charge is -2.57. The second kappa shape index (κ2) is 2.81. The minimum absolute atomic E-state index is 0. The SMILES string of the molecule is Cl.NCC1CC2(C1)CC(F)(F)C2. The van der Waals surface area contributed by atoms with Crippen LogP contribution >= 0.6 is 12.4 Å². The van der Waals surface area contributed by atoms with Crippen LogP contribution < -0.4 is 5.73 Å². The third-order valence-corrected chi connectivity index (χ3v) is 3.04. The van der Waals surface area contributed by atoms with Crippen LogP contribution in [0.25, 0.3) is 0 Å². The molecule has 4 heteroatoms. The minimum Gasteiger partial charge on any atom is -0.330 e. The van der Waals surface area contributed by atoms with Crippen molar-refractivity contribution in [2.75, 3.05) is 6.54 Å². The monoisotopic (exact) mass is 197 g/mol. The van der Waals surface area contributed by atoms with Crippen molar-refractivity contribution in [2.45, 2.75) is 31.6 Å². The van der Waals surface area contributed by atoms with Crippen LogP contribution in [-0.2, 0) is 0 Å². The molecule has 12 heavy (non-hydrogen) atoms. The van der Waals surface area contributed by atoms with Gasteiger partial charge in [-0.25, -0.2) is 8.78 Å². The van der Waals surface area contributed by atoms with Gasteiger partial charge in [0.1, 0.15) is 0 Å². The van der Waals surface area contributed by atoms with Crippen molar-refractivity contribution >= 4 is 12.4 Å². The maximum absolute atomic E-state index is 12.5. The fourth-order valence-electron chi connectivity index (χ4n) is 2.67. The lowest BCUT2D eigenvalue weighted by molar-refractivity contribution is -0.205. The molecular weight excluding hydrogens is 184 g/mol. The molecule has 2 rings (SSSR count). The predicted octanol–water partition coefficient (Wildman–Crippen LogP) is 2.19. The van der Waals surface area contributed by atoms with Crippen LogP contribution in [0.1, 0.15) is 25.7 Å². The van der Waals surface area contributed by atoms with Gasteiger partial charge in [0.15, 0.2) is 0 Å². The molecular formula is C8H14ClF2N. The van der Waals surface area contributed by atoms with Gasteiger partial charge in [0.05, 0.1) is 0 Å². The van der Waals surface area contributed by atoms with Crippen molar-refractivity contribution in [3.8, 4) is 0 Å². The van der Waals surface area contributed by atoms with Crippen LogP contribution in [0.2, 0.25) is 0 Å². The molecule has 0 atom stereocenters. The largest absolute Gasteiger partial charge is 0.330 e. The third-order valence-electron chi connectivity index (χ3n) is 3.04. The highest BCUT2D eigenvalue weighted by Crippen LogP contribution is 2.64. The molecule has 0 aliphatic heterocycles. The zero-order chi connectivity index (χ0) is 8.11. The summed E-state index contributed by atoms with van der Waals surface area (Å²) in [6.45, 7) is 0.674. The van der Waals surface area contributed by atoms with Crippen molar-refractivity contribution < 1.29 is 8.78 Å². The van der Waals surface area contributed by atoms with Gasteiger partial charge in [0, 0.05) is 12.8 Å². The predicted molar refractivity (Wildman–Crippen MR) is 45.6 cm³/mol. The fraction of sp³-hybridized carbons (Fsp3) is 1.00. The van der Waals surface area contributed by atoms with Crippen LogP contribution in [0.15, 0.2) is 0 Å². The highest BCUT2D eigenvalue weighted by Gasteiger charge is 2.61. The summed E-state index contributed by atoms with van der Waals surface area (Å²) in [5.74, 6) is -1.81. The summed E-state index contributed by atoms with van der Waals surface area (Å²) in [5.41, 5.74) is 5.44. The first-order valence-corrected chi connectivity index (χ1v) is 4.13. The van der Waals surface area contributed by atoms with Crippen LogP contribution in [0.5, 0.6) is 0 Å². The highest BCUT2D eigenvalue weighted by molar-refractivity contribution is 5.85. The number of halogens is 3. The molecule has 2 fully saturated rings. The Bertz CT molecular complexity index is 168. The van der Waals surface area contributed by atoms with E-state index in [2.05, 4.69) is 0 Å². The number of nitrogens with two attached hydrogens (primary N) is 1. The van der Waals surface area contributed by atoms with Crippen LogP contribution in [-0.4, -0.2) is 12.5 Å². The zero-order valence-corrected chi connectivity index (χ0v) is 7.67. The van der Waals surface area contributed by atoms with Gasteiger partial charge in [-0.15, -0.1) is 12.4 Å². The van der Waals surface area contributed by atoms with Gasteiger partial charge in [-0.3, -0.25) is 0 Å². The van der Waals surface area contributed by atoms with Crippen molar-refractivity contribution in [3.63, 3.8) is 0 Å². The molecule has 0 saturated heterocycles. The van der Waals surface area contributed by atoms with E-state index in [-0.39, 0.29) is 30.7 Å². The Labute approximate surface area is 77.1 Å². The number of alkyl halides is 2. The van der Waals surface area contributed by atoms with Gasteiger partial charge in [0.25, 0.3) is 0 Å². The number of hydrogen-bond donors (Lipinski definition) is 1. The van der Waals surface area contributed by atoms with Gasteiger partial charge in [0.2, 0.25) is 5.92 Å². The molecule has 0 bridgehead atoms. The maximum atomic E-state index is 12.5. The van der Waals surface area contributed by atoms with Crippen LogP contribution in [0.3, 0.4) is 0 Å². The summed E-state index contributed by atoms with van der Waals surface area (Å²) in [5, 5.41) is 0. The van der Waals surface area contributed by atoms with Crippen molar-refractivity contribution in [3.05, 3.63) is 0 Å². The molecule has 0 aromatic heterocycles. The van der Waals surface area contributed by atoms with Crippen molar-refractivity contribution in [2.24, 2.45) is 17.1 Å². The molecule has 72 valence electrons. The normalized spacial score (nSPS) is 30.2. The average molecular weight is 198 g/mol. The molecule has 2 saturated carbocycles. The first-order chi connectivity index (χ1) is 5.05. The van der Waals surface area contributed by atoms with Gasteiger partial charge < -0.3 is 5.73 Å². The van der Waals surface area contributed by atoms with Crippen LogP contribution in [0.4, 0.5) is 8.78 Å². The maximum Gasteiger partial charge on any atom is 0.249 e. The summed E-state index contributed by atoms with van der Waals surface area (Å²) in [6.07, 6.45) is 2.13. The van der Waals surface area contributed by atoms with E-state index in [1.165, 1.54) is 0 Å². The van der Waals surface area contributed by atoms with E-state index in [0.29, 0.717) is 12.5 Å². The van der Waals surface area contributed by atoms with E-state index in [0.717, 1.165) is 12.8 Å². The molecule has 1 spiro atoms. The lowest BCUT2D eigenvalue weighted by Crippen LogP contribution is -2.54. The molecule has 1 nitrogen and oxygen atoms in total. The van der Waals surface area contributed by atoms with E-state index >= 15 is 0 Å². The Balaban J connectivity index is 0.000000720. The Morgan fingerprint density at radius 1 is 1.25 bits per heavy atom. The standard InChI is InChI=1S/C8H13F2N.ClH/c9-8(10)4-7(5-8)1-6(2-7)3-11;/h6H,1-5,11H2;1H. The summed E-state index contributed by atoms with van der Waals surface area (Å²) in [6, 6.07) is 0. The minimum atomic E-state index is -2.35. The van der Waals surface area contributed by atoms with Crippen molar-refractivity contribution in [1.29, 1.82) is 0 Å². The molecule has 0 heterocycles. The molecule has 2 aliphatic rings. The third kappa shape index (κ3) is 1.44. The Morgan fingerprint density at radius 2 is 1.75 bits per heavy atom. The smallest absolute Gasteiger partial charge is 0.249 e. The van der Waals surface area contributed by atoms with Gasteiger partial charge in [-0.1, -0.05) is 0 Å². The molecule has 0 aromatic carbocycles. The zero-order valence-electron chi connectivity index (χ0n) is 6.85. The summed E-state index contributed by atoms with van der Waals surface area (Å²) in [7, 11) is 0. The van der Waals surface area contributed by atoms with E-state index in [9.17, 15) is 8.78 Å².